The van der Waals surface area contributed by atoms with E-state index in [1.807, 2.05) is 0 Å². The molecule has 0 aliphatic carbocycles. The number of benzene rings is 1. The Morgan fingerprint density at radius 2 is 2.20 bits per heavy atom. The van der Waals surface area contributed by atoms with Gasteiger partial charge in [0, 0.05) is 17.0 Å². The largest absolute Gasteiger partial charge is 0.497 e. The molecule has 0 aliphatic rings. The van der Waals surface area contributed by atoms with Crippen LogP contribution < -0.4 is 10.1 Å². The number of nitrogens with one attached hydrogen (secondary N) is 1. The maximum absolute atomic E-state index is 11.8. The molecule has 20 heavy (non-hydrogen) atoms. The minimum absolute atomic E-state index is 0.0664. The van der Waals surface area contributed by atoms with Gasteiger partial charge in [0.2, 0.25) is 5.91 Å². The van der Waals surface area contributed by atoms with Gasteiger partial charge in [-0.2, -0.15) is 0 Å². The molecule has 1 heterocycles. The molecule has 1 aromatic carbocycles. The average molecular weight is 277 g/mol. The van der Waals surface area contributed by atoms with Crippen LogP contribution >= 0.6 is 0 Å². The third-order valence-corrected chi connectivity index (χ3v) is 2.96. The van der Waals surface area contributed by atoms with Crippen LogP contribution in [0.1, 0.15) is 12.5 Å². The van der Waals surface area contributed by atoms with E-state index in [0.717, 1.165) is 5.39 Å². The fraction of sp³-hybridized carbons (Fsp3) is 0.286. The van der Waals surface area contributed by atoms with Crippen LogP contribution in [0.4, 0.5) is 0 Å². The highest BCUT2D eigenvalue weighted by Gasteiger charge is 2.16. The fourth-order valence-electron chi connectivity index (χ4n) is 1.85. The molecule has 0 bridgehead atoms. The Labute approximate surface area is 115 Å². The van der Waals surface area contributed by atoms with Gasteiger partial charge in [0.15, 0.2) is 0 Å². The van der Waals surface area contributed by atoms with Gasteiger partial charge in [0.05, 0.1) is 19.8 Å². The SMILES string of the molecule is COc1ccc2c(CC(=O)N[C@@H](C)C(=O)O)coc2c1. The molecule has 6 heteroatoms. The van der Waals surface area contributed by atoms with E-state index in [1.165, 1.54) is 13.2 Å². The number of hydrogen-bond donors (Lipinski definition) is 2. The summed E-state index contributed by atoms with van der Waals surface area (Å²) in [5.74, 6) is -0.763. The molecule has 2 aromatic rings. The highest BCUT2D eigenvalue weighted by molar-refractivity contribution is 5.90. The fourth-order valence-corrected chi connectivity index (χ4v) is 1.85. The summed E-state index contributed by atoms with van der Waals surface area (Å²) in [7, 11) is 1.56. The van der Waals surface area contributed by atoms with Crippen molar-refractivity contribution in [2.24, 2.45) is 0 Å². The van der Waals surface area contributed by atoms with Crippen molar-refractivity contribution in [1.29, 1.82) is 0 Å². The zero-order valence-corrected chi connectivity index (χ0v) is 11.2. The molecule has 1 amide bonds. The van der Waals surface area contributed by atoms with E-state index in [2.05, 4.69) is 5.32 Å². The van der Waals surface area contributed by atoms with Crippen molar-refractivity contribution in [3.05, 3.63) is 30.0 Å². The van der Waals surface area contributed by atoms with Crippen LogP contribution in [0.3, 0.4) is 0 Å². The van der Waals surface area contributed by atoms with Crippen molar-refractivity contribution in [2.75, 3.05) is 7.11 Å². The molecule has 0 fully saturated rings. The number of methoxy groups -OCH3 is 1. The normalized spacial score (nSPS) is 12.1. The van der Waals surface area contributed by atoms with Crippen LogP contribution in [0, 0.1) is 0 Å². The van der Waals surface area contributed by atoms with Gasteiger partial charge in [-0.15, -0.1) is 0 Å². The lowest BCUT2D eigenvalue weighted by molar-refractivity contribution is -0.141. The third kappa shape index (κ3) is 2.90. The van der Waals surface area contributed by atoms with Crippen LogP contribution in [0.15, 0.2) is 28.9 Å². The Bertz CT molecular complexity index is 646. The smallest absolute Gasteiger partial charge is 0.325 e. The quantitative estimate of drug-likeness (QED) is 0.866. The van der Waals surface area contributed by atoms with E-state index in [-0.39, 0.29) is 12.3 Å². The maximum atomic E-state index is 11.8. The standard InChI is InChI=1S/C14H15NO5/c1-8(14(17)18)15-13(16)5-9-7-20-12-6-10(19-2)3-4-11(9)12/h3-4,6-8H,5H2,1-2H3,(H,15,16)(H,17,18)/t8-/m0/s1. The number of rotatable bonds is 5. The van der Waals surface area contributed by atoms with E-state index in [9.17, 15) is 9.59 Å². The van der Waals surface area contributed by atoms with Crippen molar-refractivity contribution in [1.82, 2.24) is 5.32 Å². The van der Waals surface area contributed by atoms with Gasteiger partial charge in [-0.1, -0.05) is 0 Å². The molecular formula is C14H15NO5. The van der Waals surface area contributed by atoms with Crippen molar-refractivity contribution in [2.45, 2.75) is 19.4 Å². The number of carbonyl (C=O) groups excluding carboxylic acids is 1. The number of hydrogen-bond acceptors (Lipinski definition) is 4. The number of carboxylic acids is 1. The second-order valence-electron chi connectivity index (χ2n) is 4.43. The predicted molar refractivity (Wildman–Crippen MR) is 71.7 cm³/mol. The lowest BCUT2D eigenvalue weighted by Crippen LogP contribution is -2.39. The summed E-state index contributed by atoms with van der Waals surface area (Å²) in [4.78, 5) is 22.4. The van der Waals surface area contributed by atoms with Crippen LogP contribution in [-0.2, 0) is 16.0 Å². The molecule has 0 saturated heterocycles. The summed E-state index contributed by atoms with van der Waals surface area (Å²) in [6.07, 6.45) is 1.56. The first-order valence-corrected chi connectivity index (χ1v) is 6.07. The molecule has 0 spiro atoms. The number of fused-ring (bicyclic) bond motifs is 1. The third-order valence-electron chi connectivity index (χ3n) is 2.96. The summed E-state index contributed by atoms with van der Waals surface area (Å²) in [5, 5.41) is 11.9. The van der Waals surface area contributed by atoms with E-state index >= 15 is 0 Å². The number of furan rings is 1. The van der Waals surface area contributed by atoms with Crippen LogP contribution in [0.5, 0.6) is 5.75 Å². The van der Waals surface area contributed by atoms with E-state index < -0.39 is 12.0 Å². The molecule has 0 saturated carbocycles. The van der Waals surface area contributed by atoms with Gasteiger partial charge >= 0.3 is 5.97 Å². The summed E-state index contributed by atoms with van der Waals surface area (Å²) in [6.45, 7) is 1.42. The van der Waals surface area contributed by atoms with Gasteiger partial charge in [0.25, 0.3) is 0 Å². The topological polar surface area (TPSA) is 88.8 Å². The van der Waals surface area contributed by atoms with E-state index in [0.29, 0.717) is 16.9 Å². The van der Waals surface area contributed by atoms with Crippen molar-refractivity contribution in [3.8, 4) is 5.75 Å². The first-order valence-electron chi connectivity index (χ1n) is 6.07. The molecule has 0 unspecified atom stereocenters. The van der Waals surface area contributed by atoms with Crippen molar-refractivity contribution >= 4 is 22.8 Å². The molecule has 0 aliphatic heterocycles. The van der Waals surface area contributed by atoms with Crippen LogP contribution in [-0.4, -0.2) is 30.1 Å². The number of carboxylic acid groups (broad SMARTS) is 1. The van der Waals surface area contributed by atoms with Gasteiger partial charge < -0.3 is 19.6 Å². The molecule has 0 radical (unpaired) electrons. The molecule has 6 nitrogen and oxygen atoms in total. The number of aliphatic carboxylic acids is 1. The molecule has 2 N–H and O–H groups in total. The lowest BCUT2D eigenvalue weighted by atomic mass is 10.1. The minimum Gasteiger partial charge on any atom is -0.497 e. The molecule has 1 atom stereocenters. The maximum Gasteiger partial charge on any atom is 0.325 e. The number of carbonyl (C=O) groups is 2. The first kappa shape index (κ1) is 13.9. The predicted octanol–water partition coefficient (Wildman–Crippen LogP) is 1.57. The Kier molecular flexibility index (Phi) is 3.93. The molecular weight excluding hydrogens is 262 g/mol. The minimum atomic E-state index is -1.07. The number of amides is 1. The Hall–Kier alpha value is -2.50. The van der Waals surface area contributed by atoms with Crippen molar-refractivity contribution < 1.29 is 23.8 Å². The molecule has 1 aromatic heterocycles. The van der Waals surface area contributed by atoms with Gasteiger partial charge in [-0.25, -0.2) is 0 Å². The summed E-state index contributed by atoms with van der Waals surface area (Å²) in [5.41, 5.74) is 1.33. The van der Waals surface area contributed by atoms with Crippen molar-refractivity contribution in [3.63, 3.8) is 0 Å². The highest BCUT2D eigenvalue weighted by atomic mass is 16.5. The summed E-state index contributed by atoms with van der Waals surface area (Å²) in [6, 6.07) is 4.40. The van der Waals surface area contributed by atoms with Gasteiger partial charge in [-0.05, 0) is 19.1 Å². The Morgan fingerprint density at radius 1 is 1.45 bits per heavy atom. The van der Waals surface area contributed by atoms with Gasteiger partial charge in [0.1, 0.15) is 17.4 Å². The van der Waals surface area contributed by atoms with E-state index in [1.54, 1.807) is 25.3 Å². The van der Waals surface area contributed by atoms with Gasteiger partial charge in [-0.3, -0.25) is 9.59 Å². The second kappa shape index (κ2) is 5.64. The zero-order valence-electron chi connectivity index (χ0n) is 11.2. The zero-order chi connectivity index (χ0) is 14.7. The lowest BCUT2D eigenvalue weighted by Gasteiger charge is -2.08. The average Bonchev–Trinajstić information content (AvgIpc) is 2.80. The second-order valence-corrected chi connectivity index (χ2v) is 4.43. The molecule has 2 rings (SSSR count). The summed E-state index contributed by atoms with van der Waals surface area (Å²) >= 11 is 0. The Morgan fingerprint density at radius 3 is 2.85 bits per heavy atom. The molecule has 106 valence electrons. The summed E-state index contributed by atoms with van der Waals surface area (Å²) < 4.78 is 10.5. The first-order chi connectivity index (χ1) is 9.51. The van der Waals surface area contributed by atoms with E-state index in [4.69, 9.17) is 14.3 Å². The Balaban J connectivity index is 2.14. The van der Waals surface area contributed by atoms with Crippen LogP contribution in [0.2, 0.25) is 0 Å². The van der Waals surface area contributed by atoms with Crippen LogP contribution in [0.25, 0.3) is 11.0 Å². The monoisotopic (exact) mass is 277 g/mol. The highest BCUT2D eigenvalue weighted by Crippen LogP contribution is 2.25. The number of ether oxygens (including phenoxy) is 1.